The Kier molecular flexibility index (Phi) is 3.95. The number of halogens is 1. The summed E-state index contributed by atoms with van der Waals surface area (Å²) in [6, 6.07) is 1.44. The Labute approximate surface area is 115 Å². The molecule has 0 amide bonds. The van der Waals surface area contributed by atoms with Crippen LogP contribution in [-0.4, -0.2) is 30.1 Å². The number of aliphatic carboxylic acids is 1. The maximum Gasteiger partial charge on any atom is 0.377 e. The maximum atomic E-state index is 11.7. The van der Waals surface area contributed by atoms with E-state index in [9.17, 15) is 9.59 Å². The van der Waals surface area contributed by atoms with Crippen molar-refractivity contribution >= 4 is 23.4 Å². The molecule has 0 atom stereocenters. The summed E-state index contributed by atoms with van der Waals surface area (Å²) in [7, 11) is 0. The molecule has 0 aromatic heterocycles. The molecule has 0 saturated heterocycles. The first-order valence-electron chi connectivity index (χ1n) is 5.94. The van der Waals surface area contributed by atoms with E-state index in [1.54, 1.807) is 6.92 Å². The number of hydrogen-bond acceptors (Lipinski definition) is 4. The lowest BCUT2D eigenvalue weighted by Crippen LogP contribution is -2.16. The first kappa shape index (κ1) is 13.7. The zero-order valence-corrected chi connectivity index (χ0v) is 11.1. The minimum absolute atomic E-state index is 0.0130. The van der Waals surface area contributed by atoms with Crippen LogP contribution in [-0.2, 0) is 11.2 Å². The molecule has 0 spiro atoms. The first-order valence-corrected chi connectivity index (χ1v) is 6.32. The Morgan fingerprint density at radius 3 is 2.68 bits per heavy atom. The Bertz CT molecular complexity index is 538. The second-order valence-corrected chi connectivity index (χ2v) is 4.48. The molecule has 1 N–H and O–H groups in total. The molecule has 0 aliphatic carbocycles. The average Bonchev–Trinajstić information content (AvgIpc) is 2.61. The van der Waals surface area contributed by atoms with Gasteiger partial charge in [-0.25, -0.2) is 4.79 Å². The van der Waals surface area contributed by atoms with Gasteiger partial charge in [-0.1, -0.05) is 18.5 Å². The highest BCUT2D eigenvalue weighted by Gasteiger charge is 2.27. The Morgan fingerprint density at radius 2 is 2.05 bits per heavy atom. The largest absolute Gasteiger partial charge is 0.489 e. The smallest absolute Gasteiger partial charge is 0.377 e. The molecular formula is C13H13ClO5. The van der Waals surface area contributed by atoms with E-state index in [-0.39, 0.29) is 10.6 Å². The number of hydrogen-bond donors (Lipinski definition) is 1. The van der Waals surface area contributed by atoms with Crippen LogP contribution >= 0.6 is 11.6 Å². The number of rotatable bonds is 3. The normalized spacial score (nSPS) is 13.8. The van der Waals surface area contributed by atoms with Crippen molar-refractivity contribution in [3.63, 3.8) is 0 Å². The molecule has 102 valence electrons. The zero-order chi connectivity index (χ0) is 14.0. The van der Waals surface area contributed by atoms with Gasteiger partial charge < -0.3 is 14.6 Å². The van der Waals surface area contributed by atoms with Crippen LogP contribution in [0.1, 0.15) is 29.3 Å². The van der Waals surface area contributed by atoms with Gasteiger partial charge >= 0.3 is 5.97 Å². The van der Waals surface area contributed by atoms with Gasteiger partial charge in [-0.15, -0.1) is 0 Å². The Morgan fingerprint density at radius 1 is 1.37 bits per heavy atom. The summed E-state index contributed by atoms with van der Waals surface area (Å²) >= 11 is 6.02. The van der Waals surface area contributed by atoms with Gasteiger partial charge in [0.1, 0.15) is 0 Å². The molecule has 1 aliphatic rings. The number of carbonyl (C=O) groups excluding carboxylic acids is 1. The minimum Gasteiger partial charge on any atom is -0.489 e. The number of fused-ring (bicyclic) bond motifs is 1. The lowest BCUT2D eigenvalue weighted by atomic mass is 9.99. The molecule has 1 aromatic rings. The van der Waals surface area contributed by atoms with Gasteiger partial charge in [0.15, 0.2) is 11.5 Å². The first-order chi connectivity index (χ1) is 9.06. The van der Waals surface area contributed by atoms with Gasteiger partial charge in [0, 0.05) is 18.1 Å². The van der Waals surface area contributed by atoms with Crippen molar-refractivity contribution in [1.29, 1.82) is 0 Å². The van der Waals surface area contributed by atoms with E-state index >= 15 is 0 Å². The third-order valence-corrected chi connectivity index (χ3v) is 3.16. The molecular weight excluding hydrogens is 272 g/mol. The molecule has 1 heterocycles. The van der Waals surface area contributed by atoms with Crippen LogP contribution in [0.3, 0.4) is 0 Å². The van der Waals surface area contributed by atoms with Gasteiger partial charge in [-0.3, -0.25) is 4.79 Å². The summed E-state index contributed by atoms with van der Waals surface area (Å²) in [5.74, 6) is -1.68. The van der Waals surface area contributed by atoms with E-state index < -0.39 is 11.8 Å². The van der Waals surface area contributed by atoms with Crippen molar-refractivity contribution in [1.82, 2.24) is 0 Å². The van der Waals surface area contributed by atoms with E-state index in [0.29, 0.717) is 36.7 Å². The topological polar surface area (TPSA) is 72.8 Å². The van der Waals surface area contributed by atoms with E-state index in [4.69, 9.17) is 26.2 Å². The third-order valence-electron chi connectivity index (χ3n) is 2.86. The highest BCUT2D eigenvalue weighted by atomic mass is 35.5. The van der Waals surface area contributed by atoms with Crippen LogP contribution in [0.2, 0.25) is 5.02 Å². The second-order valence-electron chi connectivity index (χ2n) is 4.08. The van der Waals surface area contributed by atoms with Crippen molar-refractivity contribution in [3.8, 4) is 11.5 Å². The highest BCUT2D eigenvalue weighted by molar-refractivity contribution is 6.45. The molecule has 0 fully saturated rings. The number of benzene rings is 1. The highest BCUT2D eigenvalue weighted by Crippen LogP contribution is 2.40. The maximum absolute atomic E-state index is 11.7. The fourth-order valence-corrected chi connectivity index (χ4v) is 2.33. The molecule has 2 rings (SSSR count). The Balaban J connectivity index is 2.64. The van der Waals surface area contributed by atoms with Crippen LogP contribution in [0.15, 0.2) is 6.07 Å². The third kappa shape index (κ3) is 2.51. The van der Waals surface area contributed by atoms with Crippen molar-refractivity contribution < 1.29 is 24.2 Å². The van der Waals surface area contributed by atoms with E-state index in [2.05, 4.69) is 0 Å². The summed E-state index contributed by atoms with van der Waals surface area (Å²) in [6.45, 7) is 2.76. The minimum atomic E-state index is -1.54. The lowest BCUT2D eigenvalue weighted by Gasteiger charge is -2.15. The zero-order valence-electron chi connectivity index (χ0n) is 10.4. The fraction of sp³-hybridized carbons (Fsp3) is 0.385. The quantitative estimate of drug-likeness (QED) is 0.681. The Hall–Kier alpha value is -1.75. The second kappa shape index (κ2) is 5.48. The number of ketones is 1. The molecule has 0 radical (unpaired) electrons. The van der Waals surface area contributed by atoms with E-state index in [0.717, 1.165) is 6.42 Å². The van der Waals surface area contributed by atoms with E-state index in [1.807, 2.05) is 0 Å². The number of ether oxygens (including phenoxy) is 2. The summed E-state index contributed by atoms with van der Waals surface area (Å²) in [5, 5.41) is 8.94. The monoisotopic (exact) mass is 284 g/mol. The van der Waals surface area contributed by atoms with Gasteiger partial charge in [0.05, 0.1) is 23.8 Å². The predicted octanol–water partition coefficient (Wildman–Crippen LogP) is 2.33. The van der Waals surface area contributed by atoms with Crippen LogP contribution in [0, 0.1) is 0 Å². The van der Waals surface area contributed by atoms with Crippen LogP contribution < -0.4 is 9.47 Å². The molecule has 1 aromatic carbocycles. The number of Topliss-reactive ketones (excluding diaryl/α,β-unsaturated/α-hetero) is 1. The molecule has 6 heteroatoms. The van der Waals surface area contributed by atoms with Crippen LogP contribution in [0.4, 0.5) is 0 Å². The molecule has 5 nitrogen and oxygen atoms in total. The fourth-order valence-electron chi connectivity index (χ4n) is 2.03. The standard InChI is InChI=1S/C13H13ClO5/c1-2-7-10(11(15)13(16)17)8(14)6-9-12(7)19-5-3-4-18-9/h6H,2-5H2,1H3,(H,16,17). The van der Waals surface area contributed by atoms with Crippen molar-refractivity contribution in [2.75, 3.05) is 13.2 Å². The summed E-state index contributed by atoms with van der Waals surface area (Å²) < 4.78 is 11.1. The summed E-state index contributed by atoms with van der Waals surface area (Å²) in [5.41, 5.74) is 0.470. The van der Waals surface area contributed by atoms with Crippen molar-refractivity contribution in [2.24, 2.45) is 0 Å². The predicted molar refractivity (Wildman–Crippen MR) is 68.4 cm³/mol. The van der Waals surface area contributed by atoms with Gasteiger partial charge in [-0.05, 0) is 6.42 Å². The number of carboxylic acids is 1. The molecule has 0 saturated carbocycles. The van der Waals surface area contributed by atoms with Crippen LogP contribution in [0.25, 0.3) is 0 Å². The summed E-state index contributed by atoms with van der Waals surface area (Å²) in [6.07, 6.45) is 1.15. The molecule has 0 bridgehead atoms. The molecule has 1 aliphatic heterocycles. The number of carboxylic acid groups (broad SMARTS) is 1. The van der Waals surface area contributed by atoms with Gasteiger partial charge in [-0.2, -0.15) is 0 Å². The van der Waals surface area contributed by atoms with Gasteiger partial charge in [0.25, 0.3) is 5.78 Å². The van der Waals surface area contributed by atoms with Crippen LogP contribution in [0.5, 0.6) is 11.5 Å². The van der Waals surface area contributed by atoms with E-state index in [1.165, 1.54) is 6.07 Å². The molecule has 19 heavy (non-hydrogen) atoms. The van der Waals surface area contributed by atoms with Crippen molar-refractivity contribution in [3.05, 3.63) is 22.2 Å². The SMILES string of the molecule is CCc1c2c(cc(Cl)c1C(=O)C(=O)O)OCCCO2. The van der Waals surface area contributed by atoms with Crippen molar-refractivity contribution in [2.45, 2.75) is 19.8 Å². The lowest BCUT2D eigenvalue weighted by molar-refractivity contribution is -0.131. The molecule has 0 unspecified atom stereocenters. The average molecular weight is 285 g/mol. The number of carbonyl (C=O) groups is 2. The summed E-state index contributed by atoms with van der Waals surface area (Å²) in [4.78, 5) is 22.6. The van der Waals surface area contributed by atoms with Gasteiger partial charge in [0.2, 0.25) is 0 Å².